The Hall–Kier alpha value is -2.94. The van der Waals surface area contributed by atoms with Crippen molar-refractivity contribution in [1.82, 2.24) is 3.97 Å². The first-order valence-electron chi connectivity index (χ1n) is 10.6. The van der Waals surface area contributed by atoms with Crippen LogP contribution in [0.3, 0.4) is 0 Å². The molecule has 34 heavy (non-hydrogen) atoms. The summed E-state index contributed by atoms with van der Waals surface area (Å²) in [7, 11) is -4.08. The molecule has 0 aliphatic carbocycles. The molecule has 1 aromatic heterocycles. The van der Waals surface area contributed by atoms with E-state index in [2.05, 4.69) is 15.9 Å². The van der Waals surface area contributed by atoms with Crippen molar-refractivity contribution in [2.24, 2.45) is 0 Å². The molecule has 0 aliphatic heterocycles. The first-order valence-corrected chi connectivity index (χ1v) is 12.8. The number of aliphatic hydroxyl groups is 1. The summed E-state index contributed by atoms with van der Waals surface area (Å²) in [6.07, 6.45) is -1.30. The highest BCUT2D eigenvalue weighted by Crippen LogP contribution is 2.34. The molecule has 0 fully saturated rings. The van der Waals surface area contributed by atoms with Gasteiger partial charge in [-0.2, -0.15) is 0 Å². The Labute approximate surface area is 206 Å². The monoisotopic (exact) mass is 541 g/mol. The molecule has 0 radical (unpaired) electrons. The molecule has 8 heteroatoms. The molecular formula is C26H24BrNO5S. The van der Waals surface area contributed by atoms with Crippen LogP contribution >= 0.6 is 15.9 Å². The smallest absolute Gasteiger partial charge is 0.335 e. The summed E-state index contributed by atoms with van der Waals surface area (Å²) in [4.78, 5) is 11.3. The number of aromatic nitrogens is 1. The van der Waals surface area contributed by atoms with Crippen molar-refractivity contribution in [2.45, 2.75) is 37.2 Å². The van der Waals surface area contributed by atoms with E-state index in [-0.39, 0.29) is 21.6 Å². The van der Waals surface area contributed by atoms with Gasteiger partial charge in [-0.25, -0.2) is 17.2 Å². The zero-order valence-electron chi connectivity index (χ0n) is 18.9. The predicted octanol–water partition coefficient (Wildman–Crippen LogP) is 5.72. The van der Waals surface area contributed by atoms with E-state index in [1.807, 2.05) is 26.8 Å². The number of nitrogens with zero attached hydrogens (tertiary/aromatic N) is 1. The van der Waals surface area contributed by atoms with Crippen LogP contribution < -0.4 is 0 Å². The molecule has 4 aromatic rings. The van der Waals surface area contributed by atoms with E-state index in [1.165, 1.54) is 28.2 Å². The molecule has 0 aliphatic rings. The van der Waals surface area contributed by atoms with Gasteiger partial charge in [-0.1, -0.05) is 61.0 Å². The third kappa shape index (κ3) is 4.41. The minimum atomic E-state index is -4.08. The highest BCUT2D eigenvalue weighted by molar-refractivity contribution is 9.10. The second kappa shape index (κ2) is 8.69. The Kier molecular flexibility index (Phi) is 6.18. The summed E-state index contributed by atoms with van der Waals surface area (Å²) in [5.41, 5.74) is 1.68. The van der Waals surface area contributed by atoms with Crippen LogP contribution in [0.15, 0.2) is 82.2 Å². The maximum absolute atomic E-state index is 13.9. The number of benzene rings is 3. The Balaban J connectivity index is 1.93. The minimum Gasteiger partial charge on any atom is -0.478 e. The van der Waals surface area contributed by atoms with Crippen molar-refractivity contribution < 1.29 is 23.4 Å². The van der Waals surface area contributed by atoms with E-state index in [0.29, 0.717) is 16.5 Å². The first kappa shape index (κ1) is 24.2. The van der Waals surface area contributed by atoms with E-state index in [9.17, 15) is 18.3 Å². The van der Waals surface area contributed by atoms with E-state index < -0.39 is 22.1 Å². The predicted molar refractivity (Wildman–Crippen MR) is 135 cm³/mol. The molecule has 0 saturated carbocycles. The third-order valence-electron chi connectivity index (χ3n) is 5.74. The number of hydrogen-bond acceptors (Lipinski definition) is 4. The molecule has 3 aromatic carbocycles. The van der Waals surface area contributed by atoms with Crippen LogP contribution in [0.25, 0.3) is 10.9 Å². The van der Waals surface area contributed by atoms with Crippen LogP contribution in [0.4, 0.5) is 0 Å². The Morgan fingerprint density at radius 1 is 0.971 bits per heavy atom. The van der Waals surface area contributed by atoms with Gasteiger partial charge in [-0.3, -0.25) is 0 Å². The quantitative estimate of drug-likeness (QED) is 0.337. The number of carboxylic acids is 1. The third-order valence-corrected chi connectivity index (χ3v) is 7.97. The number of halogens is 1. The second-order valence-electron chi connectivity index (χ2n) is 9.15. The van der Waals surface area contributed by atoms with Gasteiger partial charge in [0.2, 0.25) is 0 Å². The molecular weight excluding hydrogens is 518 g/mol. The van der Waals surface area contributed by atoms with Crippen molar-refractivity contribution >= 4 is 42.8 Å². The fourth-order valence-electron chi connectivity index (χ4n) is 3.85. The van der Waals surface area contributed by atoms with Crippen LogP contribution in [0.1, 0.15) is 54.1 Å². The summed E-state index contributed by atoms with van der Waals surface area (Å²) in [5.74, 6) is -1.08. The van der Waals surface area contributed by atoms with Crippen molar-refractivity contribution in [2.75, 3.05) is 0 Å². The van der Waals surface area contributed by atoms with Gasteiger partial charge < -0.3 is 10.2 Å². The Bertz CT molecular complexity index is 1500. The maximum Gasteiger partial charge on any atom is 0.335 e. The van der Waals surface area contributed by atoms with Crippen molar-refractivity contribution in [3.05, 3.63) is 99.7 Å². The number of rotatable bonds is 5. The summed E-state index contributed by atoms with van der Waals surface area (Å²) < 4.78 is 29.8. The fourth-order valence-corrected chi connectivity index (χ4v) is 5.82. The first-order chi connectivity index (χ1) is 15.9. The molecule has 0 amide bonds. The summed E-state index contributed by atoms with van der Waals surface area (Å²) in [6.45, 7) is 6.03. The topological polar surface area (TPSA) is 96.6 Å². The van der Waals surface area contributed by atoms with E-state index in [1.54, 1.807) is 42.5 Å². The normalized spacial score (nSPS) is 13.2. The van der Waals surface area contributed by atoms with Crippen LogP contribution in [-0.2, 0) is 15.4 Å². The maximum atomic E-state index is 13.9. The molecule has 6 nitrogen and oxygen atoms in total. The summed E-state index contributed by atoms with van der Waals surface area (Å²) >= 11 is 3.42. The van der Waals surface area contributed by atoms with Gasteiger partial charge in [-0.15, -0.1) is 0 Å². The van der Waals surface area contributed by atoms with Crippen LogP contribution in [0.5, 0.6) is 0 Å². The lowest BCUT2D eigenvalue weighted by Gasteiger charge is -2.21. The highest BCUT2D eigenvalue weighted by Gasteiger charge is 2.28. The molecule has 0 saturated heterocycles. The SMILES string of the molecule is CC(C)(C)c1cccc(S(=O)(=O)n2c(C(O)c3ccc(C(=O)O)cc3)cc3cc(Br)ccc32)c1. The van der Waals surface area contributed by atoms with Gasteiger partial charge in [0.25, 0.3) is 10.0 Å². The van der Waals surface area contributed by atoms with Gasteiger partial charge in [0.1, 0.15) is 6.10 Å². The molecule has 1 atom stereocenters. The second-order valence-corrected chi connectivity index (χ2v) is 11.9. The van der Waals surface area contributed by atoms with E-state index in [4.69, 9.17) is 5.11 Å². The van der Waals surface area contributed by atoms with Crippen LogP contribution in [0.2, 0.25) is 0 Å². The Morgan fingerprint density at radius 3 is 2.26 bits per heavy atom. The number of aliphatic hydroxyl groups excluding tert-OH is 1. The summed E-state index contributed by atoms with van der Waals surface area (Å²) in [5, 5.41) is 21.0. The van der Waals surface area contributed by atoms with Gasteiger partial charge in [-0.05, 0) is 65.1 Å². The van der Waals surface area contributed by atoms with E-state index >= 15 is 0 Å². The lowest BCUT2D eigenvalue weighted by atomic mass is 9.87. The standard InChI is InChI=1S/C26H24BrNO5S/c1-26(2,3)19-5-4-6-21(15-19)34(32,33)28-22-12-11-20(27)13-18(22)14-23(28)24(29)16-7-9-17(10-8-16)25(30)31/h4-15,24,29H,1-3H3,(H,30,31). The highest BCUT2D eigenvalue weighted by atomic mass is 79.9. The van der Waals surface area contributed by atoms with E-state index in [0.717, 1.165) is 10.0 Å². The van der Waals surface area contributed by atoms with Crippen LogP contribution in [0, 0.1) is 0 Å². The van der Waals surface area contributed by atoms with Crippen LogP contribution in [-0.4, -0.2) is 28.6 Å². The lowest BCUT2D eigenvalue weighted by molar-refractivity contribution is 0.0696. The summed E-state index contributed by atoms with van der Waals surface area (Å²) in [6, 6.07) is 19.4. The molecule has 1 unspecified atom stereocenters. The van der Waals surface area contributed by atoms with Gasteiger partial charge >= 0.3 is 5.97 Å². The number of carbonyl (C=O) groups is 1. The van der Waals surface area contributed by atoms with Crippen molar-refractivity contribution in [3.8, 4) is 0 Å². The molecule has 176 valence electrons. The molecule has 2 N–H and O–H groups in total. The minimum absolute atomic E-state index is 0.0760. The van der Waals surface area contributed by atoms with Gasteiger partial charge in [0.05, 0.1) is 21.7 Å². The van der Waals surface area contributed by atoms with Crippen molar-refractivity contribution in [1.29, 1.82) is 0 Å². The zero-order chi connectivity index (χ0) is 24.8. The lowest BCUT2D eigenvalue weighted by Crippen LogP contribution is -2.19. The number of carboxylic acid groups (broad SMARTS) is 1. The number of aromatic carboxylic acids is 1. The van der Waals surface area contributed by atoms with Gasteiger partial charge in [0.15, 0.2) is 0 Å². The largest absolute Gasteiger partial charge is 0.478 e. The molecule has 0 spiro atoms. The zero-order valence-corrected chi connectivity index (χ0v) is 21.3. The fraction of sp³-hybridized carbons (Fsp3) is 0.192. The van der Waals surface area contributed by atoms with Crippen molar-refractivity contribution in [3.63, 3.8) is 0 Å². The molecule has 1 heterocycles. The molecule has 0 bridgehead atoms. The average molecular weight is 542 g/mol. The van der Waals surface area contributed by atoms with Gasteiger partial charge in [0, 0.05) is 9.86 Å². The average Bonchev–Trinajstić information content (AvgIpc) is 3.17. The Morgan fingerprint density at radius 2 is 1.65 bits per heavy atom. The molecule has 4 rings (SSSR count). The number of fused-ring (bicyclic) bond motifs is 1. The number of hydrogen-bond donors (Lipinski definition) is 2.